The molecule has 0 spiro atoms. The molecular weight excluding hydrogens is 504 g/mol. The van der Waals surface area contributed by atoms with Gasteiger partial charge < -0.3 is 10.6 Å². The average Bonchev–Trinajstić information content (AvgIpc) is 3.17. The second-order valence-corrected chi connectivity index (χ2v) is 7.36. The van der Waals surface area contributed by atoms with Crippen molar-refractivity contribution in [3.05, 3.63) is 33.5 Å². The van der Waals surface area contributed by atoms with Crippen LogP contribution in [0.3, 0.4) is 0 Å². The quantitative estimate of drug-likeness (QED) is 0.323. The number of hydrogen-bond acceptors (Lipinski definition) is 4. The maximum absolute atomic E-state index is 12.6. The van der Waals surface area contributed by atoms with Crippen molar-refractivity contribution >= 4 is 41.3 Å². The number of halogens is 4. The lowest BCUT2D eigenvalue weighted by Gasteiger charge is -2.16. The van der Waals surface area contributed by atoms with Gasteiger partial charge in [-0.15, -0.1) is 35.3 Å². The molecule has 2 rings (SSSR count). The second kappa shape index (κ2) is 11.0. The zero-order chi connectivity index (χ0) is 20.0. The summed E-state index contributed by atoms with van der Waals surface area (Å²) in [6.45, 7) is 10.2. The van der Waals surface area contributed by atoms with E-state index in [1.165, 1.54) is 0 Å². The molecule has 6 nitrogen and oxygen atoms in total. The summed E-state index contributed by atoms with van der Waals surface area (Å²) in [5, 5.41) is 12.1. The zero-order valence-corrected chi connectivity index (χ0v) is 19.4. The number of aryl methyl sites for hydroxylation is 2. The Labute approximate surface area is 184 Å². The van der Waals surface area contributed by atoms with E-state index in [0.717, 1.165) is 34.6 Å². The van der Waals surface area contributed by atoms with Gasteiger partial charge in [-0.2, -0.15) is 18.3 Å². The molecule has 0 saturated heterocycles. The Kier molecular flexibility index (Phi) is 9.67. The predicted molar refractivity (Wildman–Crippen MR) is 116 cm³/mol. The minimum absolute atomic E-state index is 0. The van der Waals surface area contributed by atoms with E-state index in [1.54, 1.807) is 0 Å². The summed E-state index contributed by atoms with van der Waals surface area (Å²) < 4.78 is 39.8. The van der Waals surface area contributed by atoms with Crippen LogP contribution in [-0.4, -0.2) is 33.8 Å². The Balaban J connectivity index is 0.00000392. The number of rotatable bonds is 7. The highest BCUT2D eigenvalue weighted by molar-refractivity contribution is 14.0. The maximum atomic E-state index is 12.6. The smallest absolute Gasteiger partial charge is 0.357 e. The van der Waals surface area contributed by atoms with Gasteiger partial charge in [-0.1, -0.05) is 6.92 Å². The summed E-state index contributed by atoms with van der Waals surface area (Å²) in [5.74, 6) is 0.852. The van der Waals surface area contributed by atoms with Crippen LogP contribution in [0.4, 0.5) is 13.2 Å². The minimum atomic E-state index is -4.42. The molecule has 2 heterocycles. The Morgan fingerprint density at radius 2 is 2.04 bits per heavy atom. The van der Waals surface area contributed by atoms with Gasteiger partial charge in [0, 0.05) is 30.7 Å². The second-order valence-electron chi connectivity index (χ2n) is 6.41. The first kappa shape index (κ1) is 24.7. The van der Waals surface area contributed by atoms with Gasteiger partial charge in [-0.05, 0) is 32.8 Å². The molecule has 0 aromatic carbocycles. The standard InChI is InChI=1S/C17H25F3N6S.HI/c1-5-21-16(23-8-15-24-14(10-27-15)17(18,19)20)22-7-11(2)9-26-13(4)6-12(3)25-26;/h6,10-11H,5,7-9H2,1-4H3,(H2,21,22,23);1H. The molecule has 0 saturated carbocycles. The molecule has 0 fully saturated rings. The molecule has 28 heavy (non-hydrogen) atoms. The van der Waals surface area contributed by atoms with Crippen LogP contribution in [0.15, 0.2) is 16.4 Å². The molecule has 2 N–H and O–H groups in total. The molecular formula is C17H26F3IN6S. The third-order valence-corrected chi connectivity index (χ3v) is 4.60. The largest absolute Gasteiger partial charge is 0.434 e. The van der Waals surface area contributed by atoms with Gasteiger partial charge in [0.15, 0.2) is 11.7 Å². The Hall–Kier alpha value is -1.37. The fourth-order valence-corrected chi connectivity index (χ4v) is 3.22. The topological polar surface area (TPSA) is 67.1 Å². The molecule has 11 heteroatoms. The summed E-state index contributed by atoms with van der Waals surface area (Å²) in [6.07, 6.45) is -4.42. The van der Waals surface area contributed by atoms with Crippen molar-refractivity contribution in [1.29, 1.82) is 0 Å². The molecule has 1 atom stereocenters. The van der Waals surface area contributed by atoms with E-state index in [-0.39, 0.29) is 30.5 Å². The number of hydrogen-bond donors (Lipinski definition) is 2. The summed E-state index contributed by atoms with van der Waals surface area (Å²) >= 11 is 0.961. The van der Waals surface area contributed by atoms with Crippen LogP contribution in [0.5, 0.6) is 0 Å². The molecule has 0 bridgehead atoms. The summed E-state index contributed by atoms with van der Waals surface area (Å²) in [4.78, 5) is 7.93. The van der Waals surface area contributed by atoms with Gasteiger partial charge in [-0.25, -0.2) is 9.98 Å². The number of aliphatic imine (C=N–C) groups is 1. The van der Waals surface area contributed by atoms with Crippen molar-refractivity contribution < 1.29 is 13.2 Å². The van der Waals surface area contributed by atoms with Crippen molar-refractivity contribution in [3.63, 3.8) is 0 Å². The third kappa shape index (κ3) is 7.57. The van der Waals surface area contributed by atoms with Crippen LogP contribution in [0.1, 0.15) is 35.9 Å². The van der Waals surface area contributed by atoms with Crippen molar-refractivity contribution in [2.24, 2.45) is 10.9 Å². The van der Waals surface area contributed by atoms with E-state index in [1.807, 2.05) is 31.5 Å². The molecule has 0 amide bonds. The van der Waals surface area contributed by atoms with Gasteiger partial charge in [-0.3, -0.25) is 4.68 Å². The van der Waals surface area contributed by atoms with Crippen LogP contribution in [0, 0.1) is 19.8 Å². The van der Waals surface area contributed by atoms with Crippen molar-refractivity contribution in [2.45, 2.75) is 47.0 Å². The molecule has 0 radical (unpaired) electrons. The van der Waals surface area contributed by atoms with Crippen molar-refractivity contribution in [2.75, 3.05) is 13.1 Å². The first-order chi connectivity index (χ1) is 12.7. The van der Waals surface area contributed by atoms with E-state index < -0.39 is 11.9 Å². The van der Waals surface area contributed by atoms with Crippen LogP contribution in [-0.2, 0) is 19.3 Å². The number of alkyl halides is 3. The van der Waals surface area contributed by atoms with Gasteiger partial charge in [0.25, 0.3) is 0 Å². The summed E-state index contributed by atoms with van der Waals surface area (Å²) in [5.41, 5.74) is 1.24. The van der Waals surface area contributed by atoms with Crippen molar-refractivity contribution in [3.8, 4) is 0 Å². The maximum Gasteiger partial charge on any atom is 0.434 e. The number of guanidine groups is 1. The minimum Gasteiger partial charge on any atom is -0.357 e. The lowest BCUT2D eigenvalue weighted by molar-refractivity contribution is -0.140. The zero-order valence-electron chi connectivity index (χ0n) is 16.3. The Bertz CT molecular complexity index is 771. The summed E-state index contributed by atoms with van der Waals surface area (Å²) in [6, 6.07) is 2.04. The van der Waals surface area contributed by atoms with E-state index >= 15 is 0 Å². The highest BCUT2D eigenvalue weighted by atomic mass is 127. The first-order valence-corrected chi connectivity index (χ1v) is 9.61. The lowest BCUT2D eigenvalue weighted by atomic mass is 10.2. The van der Waals surface area contributed by atoms with E-state index in [0.29, 0.717) is 30.0 Å². The monoisotopic (exact) mass is 530 g/mol. The molecule has 2 aromatic heterocycles. The highest BCUT2D eigenvalue weighted by Gasteiger charge is 2.33. The SMILES string of the molecule is CCNC(=NCc1nc(C(F)(F)F)cs1)NCC(C)Cn1nc(C)cc1C.I. The van der Waals surface area contributed by atoms with Gasteiger partial charge in [0.05, 0.1) is 12.2 Å². The first-order valence-electron chi connectivity index (χ1n) is 8.73. The molecule has 0 aliphatic rings. The average molecular weight is 530 g/mol. The van der Waals surface area contributed by atoms with E-state index in [9.17, 15) is 13.2 Å². The Morgan fingerprint density at radius 3 is 2.57 bits per heavy atom. The number of nitrogens with one attached hydrogen (secondary N) is 2. The third-order valence-electron chi connectivity index (χ3n) is 3.76. The number of thiazole rings is 1. The number of nitrogens with zero attached hydrogens (tertiary/aromatic N) is 4. The van der Waals surface area contributed by atoms with Crippen LogP contribution < -0.4 is 10.6 Å². The summed E-state index contributed by atoms with van der Waals surface area (Å²) in [7, 11) is 0. The molecule has 0 aliphatic heterocycles. The fourth-order valence-electron chi connectivity index (χ4n) is 2.49. The molecule has 0 aliphatic carbocycles. The molecule has 158 valence electrons. The van der Waals surface area contributed by atoms with Crippen LogP contribution in [0.25, 0.3) is 0 Å². The fraction of sp³-hybridized carbons (Fsp3) is 0.588. The van der Waals surface area contributed by atoms with Gasteiger partial charge in [0.2, 0.25) is 0 Å². The van der Waals surface area contributed by atoms with E-state index in [4.69, 9.17) is 0 Å². The molecule has 2 aromatic rings. The van der Waals surface area contributed by atoms with Gasteiger partial charge in [0.1, 0.15) is 5.01 Å². The predicted octanol–water partition coefficient (Wildman–Crippen LogP) is 3.98. The van der Waals surface area contributed by atoms with E-state index in [2.05, 4.69) is 32.6 Å². The van der Waals surface area contributed by atoms with Gasteiger partial charge >= 0.3 is 6.18 Å². The number of aromatic nitrogens is 3. The highest BCUT2D eigenvalue weighted by Crippen LogP contribution is 2.30. The molecule has 1 unspecified atom stereocenters. The van der Waals surface area contributed by atoms with Crippen molar-refractivity contribution in [1.82, 2.24) is 25.4 Å². The lowest BCUT2D eigenvalue weighted by Crippen LogP contribution is -2.40. The van der Waals surface area contributed by atoms with Crippen LogP contribution >= 0.6 is 35.3 Å². The van der Waals surface area contributed by atoms with Crippen LogP contribution in [0.2, 0.25) is 0 Å². The normalized spacial score (nSPS) is 13.2. The Morgan fingerprint density at radius 1 is 1.32 bits per heavy atom.